The highest BCUT2D eigenvalue weighted by Crippen LogP contribution is 2.16. The van der Waals surface area contributed by atoms with Gasteiger partial charge in [-0.3, -0.25) is 0 Å². The Morgan fingerprint density at radius 1 is 1.44 bits per heavy atom. The Hall–Kier alpha value is -1.99. The lowest BCUT2D eigenvalue weighted by molar-refractivity contribution is 0.250. The second-order valence-electron chi connectivity index (χ2n) is 4.31. The maximum Gasteiger partial charge on any atom is 0.319 e. The quantitative estimate of drug-likeness (QED) is 0.696. The van der Waals surface area contributed by atoms with E-state index in [0.717, 1.165) is 11.1 Å². The first kappa shape index (κ1) is 14.1. The van der Waals surface area contributed by atoms with Crippen molar-refractivity contribution in [1.82, 2.24) is 5.32 Å². The highest BCUT2D eigenvalue weighted by atomic mass is 16.2. The van der Waals surface area contributed by atoms with Crippen molar-refractivity contribution in [1.29, 1.82) is 0 Å². The van der Waals surface area contributed by atoms with Gasteiger partial charge < -0.3 is 16.4 Å². The van der Waals surface area contributed by atoms with Crippen molar-refractivity contribution in [3.05, 3.63) is 29.3 Å². The van der Waals surface area contributed by atoms with Gasteiger partial charge in [0.05, 0.1) is 12.2 Å². The van der Waals surface area contributed by atoms with Crippen LogP contribution in [-0.2, 0) is 0 Å². The molecule has 4 N–H and O–H groups in total. The Labute approximate surface area is 108 Å². The summed E-state index contributed by atoms with van der Waals surface area (Å²) < 4.78 is 0. The van der Waals surface area contributed by atoms with Gasteiger partial charge in [0.1, 0.15) is 0 Å². The number of benzene rings is 1. The van der Waals surface area contributed by atoms with Crippen LogP contribution < -0.4 is 16.4 Å². The van der Waals surface area contributed by atoms with Gasteiger partial charge in [-0.1, -0.05) is 17.9 Å². The second-order valence-corrected chi connectivity index (χ2v) is 4.31. The third-order valence-electron chi connectivity index (χ3n) is 2.17. The maximum absolute atomic E-state index is 11.6. The van der Waals surface area contributed by atoms with Gasteiger partial charge in [0.2, 0.25) is 0 Å². The summed E-state index contributed by atoms with van der Waals surface area (Å²) in [6, 6.07) is 5.56. The van der Waals surface area contributed by atoms with E-state index >= 15 is 0 Å². The molecule has 1 aromatic rings. The summed E-state index contributed by atoms with van der Waals surface area (Å²) in [4.78, 5) is 11.6. The van der Waals surface area contributed by atoms with Crippen molar-refractivity contribution in [2.75, 3.05) is 11.9 Å². The van der Waals surface area contributed by atoms with E-state index in [0.29, 0.717) is 12.2 Å². The molecular formula is C14H19N3O. The molecule has 1 rings (SSSR count). The van der Waals surface area contributed by atoms with E-state index in [2.05, 4.69) is 22.5 Å². The van der Waals surface area contributed by atoms with Crippen LogP contribution >= 0.6 is 0 Å². The van der Waals surface area contributed by atoms with Crippen LogP contribution in [-0.4, -0.2) is 18.6 Å². The Balaban J connectivity index is 2.90. The Bertz CT molecular complexity index is 484. The largest absolute Gasteiger partial charge is 0.336 e. The minimum absolute atomic E-state index is 0.0917. The molecule has 0 aliphatic heterocycles. The highest BCUT2D eigenvalue weighted by molar-refractivity contribution is 5.91. The first-order valence-corrected chi connectivity index (χ1v) is 5.90. The van der Waals surface area contributed by atoms with Crippen molar-refractivity contribution >= 4 is 11.7 Å². The predicted molar refractivity (Wildman–Crippen MR) is 74.4 cm³/mol. The van der Waals surface area contributed by atoms with E-state index < -0.39 is 0 Å². The summed E-state index contributed by atoms with van der Waals surface area (Å²) in [5.74, 6) is 5.75. The number of hydrogen-bond acceptors (Lipinski definition) is 2. The van der Waals surface area contributed by atoms with Gasteiger partial charge in [-0.2, -0.15) is 0 Å². The average molecular weight is 245 g/mol. The first-order chi connectivity index (χ1) is 8.52. The molecule has 0 saturated heterocycles. The fourth-order valence-corrected chi connectivity index (χ4v) is 1.44. The van der Waals surface area contributed by atoms with Gasteiger partial charge in [-0.05, 0) is 38.5 Å². The normalized spacial score (nSPS) is 9.61. The van der Waals surface area contributed by atoms with Crippen molar-refractivity contribution in [2.45, 2.75) is 26.8 Å². The van der Waals surface area contributed by atoms with Crippen LogP contribution in [0.5, 0.6) is 0 Å². The number of nitrogens with one attached hydrogen (secondary N) is 2. The van der Waals surface area contributed by atoms with Crippen LogP contribution in [0.15, 0.2) is 18.2 Å². The van der Waals surface area contributed by atoms with Gasteiger partial charge in [0, 0.05) is 11.6 Å². The molecule has 0 aliphatic carbocycles. The van der Waals surface area contributed by atoms with Crippen molar-refractivity contribution < 1.29 is 4.79 Å². The fraction of sp³-hybridized carbons (Fsp3) is 0.357. The van der Waals surface area contributed by atoms with Gasteiger partial charge in [0.15, 0.2) is 0 Å². The molecule has 0 aromatic heterocycles. The smallest absolute Gasteiger partial charge is 0.319 e. The molecule has 0 fully saturated rings. The van der Waals surface area contributed by atoms with Crippen LogP contribution in [0.2, 0.25) is 0 Å². The van der Waals surface area contributed by atoms with Crippen LogP contribution in [0.3, 0.4) is 0 Å². The van der Waals surface area contributed by atoms with Gasteiger partial charge in [-0.25, -0.2) is 4.79 Å². The Morgan fingerprint density at radius 3 is 2.78 bits per heavy atom. The predicted octanol–water partition coefficient (Wildman–Crippen LogP) is 1.84. The highest BCUT2D eigenvalue weighted by Gasteiger charge is 2.06. The lowest BCUT2D eigenvalue weighted by Crippen LogP contribution is -2.34. The zero-order valence-electron chi connectivity index (χ0n) is 11.0. The minimum atomic E-state index is -0.232. The standard InChI is InChI=1S/C14H19N3O/c1-10(2)16-14(18)17-13-7-6-11(3)9-12(13)5-4-8-15/h6-7,9-10H,8,15H2,1-3H3,(H2,16,17,18). The molecular weight excluding hydrogens is 226 g/mol. The average Bonchev–Trinajstić information content (AvgIpc) is 2.28. The van der Waals surface area contributed by atoms with Gasteiger partial charge in [-0.15, -0.1) is 0 Å². The van der Waals surface area contributed by atoms with Crippen LogP contribution in [0, 0.1) is 18.8 Å². The number of urea groups is 1. The van der Waals surface area contributed by atoms with E-state index in [-0.39, 0.29) is 12.1 Å². The van der Waals surface area contributed by atoms with E-state index in [9.17, 15) is 4.79 Å². The van der Waals surface area contributed by atoms with Crippen molar-refractivity contribution in [3.63, 3.8) is 0 Å². The molecule has 96 valence electrons. The third kappa shape index (κ3) is 4.48. The SMILES string of the molecule is Cc1ccc(NC(=O)NC(C)C)c(C#CCN)c1. The van der Waals surface area contributed by atoms with Gasteiger partial charge >= 0.3 is 6.03 Å². The Kier molecular flexibility index (Phi) is 5.22. The number of rotatable bonds is 2. The summed E-state index contributed by atoms with van der Waals surface area (Å²) in [7, 11) is 0. The molecule has 0 saturated carbocycles. The third-order valence-corrected chi connectivity index (χ3v) is 2.17. The van der Waals surface area contributed by atoms with Gasteiger partial charge in [0.25, 0.3) is 0 Å². The maximum atomic E-state index is 11.6. The zero-order valence-corrected chi connectivity index (χ0v) is 11.0. The first-order valence-electron chi connectivity index (χ1n) is 5.90. The molecule has 0 unspecified atom stereocenters. The summed E-state index contributed by atoms with van der Waals surface area (Å²) in [6.07, 6.45) is 0. The molecule has 0 radical (unpaired) electrons. The van der Waals surface area contributed by atoms with E-state index in [1.54, 1.807) is 0 Å². The number of carbonyl (C=O) groups is 1. The number of hydrogen-bond donors (Lipinski definition) is 3. The molecule has 4 nitrogen and oxygen atoms in total. The summed E-state index contributed by atoms with van der Waals surface area (Å²) in [5.41, 5.74) is 7.92. The molecule has 0 bridgehead atoms. The lowest BCUT2D eigenvalue weighted by atomic mass is 10.1. The molecule has 0 aliphatic rings. The van der Waals surface area contributed by atoms with E-state index in [1.807, 2.05) is 39.0 Å². The van der Waals surface area contributed by atoms with Crippen molar-refractivity contribution in [2.24, 2.45) is 5.73 Å². The Morgan fingerprint density at radius 2 is 2.17 bits per heavy atom. The minimum Gasteiger partial charge on any atom is -0.336 e. The lowest BCUT2D eigenvalue weighted by Gasteiger charge is -2.11. The van der Waals surface area contributed by atoms with Crippen LogP contribution in [0.1, 0.15) is 25.0 Å². The fourth-order valence-electron chi connectivity index (χ4n) is 1.44. The number of anilines is 1. The molecule has 0 atom stereocenters. The number of aryl methyl sites for hydroxylation is 1. The molecule has 0 heterocycles. The summed E-state index contributed by atoms with van der Waals surface area (Å²) >= 11 is 0. The number of nitrogens with two attached hydrogens (primary N) is 1. The van der Waals surface area contributed by atoms with E-state index in [4.69, 9.17) is 5.73 Å². The number of amides is 2. The molecule has 0 spiro atoms. The van der Waals surface area contributed by atoms with Crippen LogP contribution in [0.4, 0.5) is 10.5 Å². The van der Waals surface area contributed by atoms with Crippen molar-refractivity contribution in [3.8, 4) is 11.8 Å². The molecule has 4 heteroatoms. The molecule has 1 aromatic carbocycles. The molecule has 18 heavy (non-hydrogen) atoms. The van der Waals surface area contributed by atoms with Crippen LogP contribution in [0.25, 0.3) is 0 Å². The second kappa shape index (κ2) is 6.67. The summed E-state index contributed by atoms with van der Waals surface area (Å²) in [6.45, 7) is 6.09. The molecule has 2 amide bonds. The van der Waals surface area contributed by atoms with E-state index in [1.165, 1.54) is 0 Å². The monoisotopic (exact) mass is 245 g/mol. The zero-order chi connectivity index (χ0) is 13.5. The topological polar surface area (TPSA) is 67.2 Å². The summed E-state index contributed by atoms with van der Waals surface area (Å²) in [5, 5.41) is 5.55. The number of carbonyl (C=O) groups excluding carboxylic acids is 1.